The highest BCUT2D eigenvalue weighted by molar-refractivity contribution is 7.13. The predicted molar refractivity (Wildman–Crippen MR) is 57.0 cm³/mol. The number of ether oxygens (including phenoxy) is 1. The second-order valence-electron chi connectivity index (χ2n) is 3.52. The van der Waals surface area contributed by atoms with Crippen LogP contribution in [0.1, 0.15) is 17.8 Å². The zero-order valence-electron chi connectivity index (χ0n) is 8.56. The Morgan fingerprint density at radius 3 is 2.80 bits per heavy atom. The van der Waals surface area contributed by atoms with E-state index in [1.165, 1.54) is 37.3 Å². The van der Waals surface area contributed by atoms with Crippen LogP contribution in [-0.4, -0.2) is 46.4 Å². The van der Waals surface area contributed by atoms with Gasteiger partial charge in [-0.3, -0.25) is 4.90 Å². The van der Waals surface area contributed by atoms with Gasteiger partial charge in [0.05, 0.1) is 6.61 Å². The van der Waals surface area contributed by atoms with E-state index >= 15 is 0 Å². The first-order chi connectivity index (χ1) is 7.38. The van der Waals surface area contributed by atoms with Crippen molar-refractivity contribution >= 4 is 11.3 Å². The molecule has 1 aliphatic heterocycles. The van der Waals surface area contributed by atoms with Crippen molar-refractivity contribution in [2.24, 2.45) is 0 Å². The molecule has 1 N–H and O–H groups in total. The molecule has 1 aliphatic rings. The largest absolute Gasteiger partial charge is 0.468 e. The Kier molecular flexibility index (Phi) is 3.87. The van der Waals surface area contributed by atoms with Crippen molar-refractivity contribution in [3.05, 3.63) is 5.01 Å². The maximum atomic E-state index is 8.79. The zero-order chi connectivity index (χ0) is 10.5. The minimum Gasteiger partial charge on any atom is -0.468 e. The highest BCUT2D eigenvalue weighted by Crippen LogP contribution is 2.17. The van der Waals surface area contributed by atoms with E-state index < -0.39 is 0 Å². The van der Waals surface area contributed by atoms with E-state index in [-0.39, 0.29) is 6.61 Å². The van der Waals surface area contributed by atoms with Crippen LogP contribution in [0.15, 0.2) is 0 Å². The van der Waals surface area contributed by atoms with Crippen LogP contribution in [0.25, 0.3) is 0 Å². The van der Waals surface area contributed by atoms with Crippen LogP contribution in [0, 0.1) is 0 Å². The highest BCUT2D eigenvalue weighted by Gasteiger charge is 2.11. The van der Waals surface area contributed by atoms with Gasteiger partial charge in [0, 0.05) is 6.54 Å². The molecule has 2 heterocycles. The second kappa shape index (κ2) is 5.39. The number of hydrogen-bond donors (Lipinski definition) is 1. The van der Waals surface area contributed by atoms with Gasteiger partial charge in [-0.1, -0.05) is 16.4 Å². The molecule has 0 bridgehead atoms. The van der Waals surface area contributed by atoms with E-state index in [2.05, 4.69) is 15.1 Å². The molecule has 6 heteroatoms. The van der Waals surface area contributed by atoms with Gasteiger partial charge in [0.15, 0.2) is 0 Å². The third-order valence-electron chi connectivity index (χ3n) is 2.42. The lowest BCUT2D eigenvalue weighted by atomic mass is 10.4. The van der Waals surface area contributed by atoms with Gasteiger partial charge < -0.3 is 9.84 Å². The minimum atomic E-state index is -0.0623. The standard InChI is InChI=1S/C9H15N3O2S/c13-7-8-10-11-9(15-8)14-6-5-12-3-1-2-4-12/h13H,1-7H2. The van der Waals surface area contributed by atoms with Gasteiger partial charge in [0.25, 0.3) is 5.19 Å². The topological polar surface area (TPSA) is 58.5 Å². The third kappa shape index (κ3) is 3.12. The van der Waals surface area contributed by atoms with Crippen LogP contribution in [0.4, 0.5) is 0 Å². The monoisotopic (exact) mass is 229 g/mol. The molecule has 0 saturated carbocycles. The van der Waals surface area contributed by atoms with Gasteiger partial charge in [-0.15, -0.1) is 5.10 Å². The summed E-state index contributed by atoms with van der Waals surface area (Å²) in [7, 11) is 0. The number of nitrogens with zero attached hydrogens (tertiary/aromatic N) is 3. The molecular formula is C9H15N3O2S. The van der Waals surface area contributed by atoms with E-state index in [0.29, 0.717) is 16.8 Å². The zero-order valence-corrected chi connectivity index (χ0v) is 9.37. The van der Waals surface area contributed by atoms with E-state index in [4.69, 9.17) is 9.84 Å². The number of hydrogen-bond acceptors (Lipinski definition) is 6. The second-order valence-corrected chi connectivity index (χ2v) is 4.54. The normalized spacial score (nSPS) is 17.1. The summed E-state index contributed by atoms with van der Waals surface area (Å²) in [5.41, 5.74) is 0. The molecule has 1 aromatic rings. The van der Waals surface area contributed by atoms with Crippen LogP contribution in [-0.2, 0) is 6.61 Å². The van der Waals surface area contributed by atoms with E-state index in [1.54, 1.807) is 0 Å². The van der Waals surface area contributed by atoms with Crippen molar-refractivity contribution in [3.63, 3.8) is 0 Å². The first kappa shape index (κ1) is 10.8. The maximum Gasteiger partial charge on any atom is 0.294 e. The molecule has 1 fully saturated rings. The number of rotatable bonds is 5. The predicted octanol–water partition coefficient (Wildman–Crippen LogP) is 0.505. The Labute approximate surface area is 92.7 Å². The SMILES string of the molecule is OCc1nnc(OCCN2CCCC2)s1. The lowest BCUT2D eigenvalue weighted by molar-refractivity contribution is 0.236. The molecule has 0 radical (unpaired) electrons. The fourth-order valence-electron chi connectivity index (χ4n) is 1.63. The van der Waals surface area contributed by atoms with Crippen molar-refractivity contribution in [2.45, 2.75) is 19.4 Å². The molecule has 0 amide bonds. The Balaban J connectivity index is 1.68. The Morgan fingerprint density at radius 1 is 1.33 bits per heavy atom. The molecule has 0 aliphatic carbocycles. The first-order valence-electron chi connectivity index (χ1n) is 5.17. The van der Waals surface area contributed by atoms with Crippen LogP contribution >= 0.6 is 11.3 Å². The van der Waals surface area contributed by atoms with Gasteiger partial charge >= 0.3 is 0 Å². The van der Waals surface area contributed by atoms with Crippen molar-refractivity contribution in [2.75, 3.05) is 26.2 Å². The Morgan fingerprint density at radius 2 is 2.13 bits per heavy atom. The van der Waals surface area contributed by atoms with E-state index in [1.807, 2.05) is 0 Å². The molecule has 1 aromatic heterocycles. The Hall–Kier alpha value is -0.720. The molecule has 0 spiro atoms. The van der Waals surface area contributed by atoms with Crippen molar-refractivity contribution < 1.29 is 9.84 Å². The number of likely N-dealkylation sites (tertiary alicyclic amines) is 1. The average molecular weight is 229 g/mol. The van der Waals surface area contributed by atoms with Crippen LogP contribution in [0.2, 0.25) is 0 Å². The van der Waals surface area contributed by atoms with Gasteiger partial charge in [0.2, 0.25) is 0 Å². The average Bonchev–Trinajstić information content (AvgIpc) is 2.88. The molecule has 0 atom stereocenters. The molecule has 84 valence electrons. The van der Waals surface area contributed by atoms with Gasteiger partial charge in [0.1, 0.15) is 11.6 Å². The van der Waals surface area contributed by atoms with Crippen LogP contribution in [0.3, 0.4) is 0 Å². The highest BCUT2D eigenvalue weighted by atomic mass is 32.1. The summed E-state index contributed by atoms with van der Waals surface area (Å²) < 4.78 is 5.44. The fraction of sp³-hybridized carbons (Fsp3) is 0.778. The minimum absolute atomic E-state index is 0.0623. The Bertz CT molecular complexity index is 299. The van der Waals surface area contributed by atoms with Crippen LogP contribution in [0.5, 0.6) is 5.19 Å². The van der Waals surface area contributed by atoms with E-state index in [9.17, 15) is 0 Å². The summed E-state index contributed by atoms with van der Waals surface area (Å²) in [6.07, 6.45) is 2.60. The van der Waals surface area contributed by atoms with Crippen molar-refractivity contribution in [3.8, 4) is 5.19 Å². The van der Waals surface area contributed by atoms with Gasteiger partial charge in [-0.2, -0.15) is 0 Å². The lowest BCUT2D eigenvalue weighted by Gasteiger charge is -2.13. The molecular weight excluding hydrogens is 214 g/mol. The number of aliphatic hydroxyl groups excluding tert-OH is 1. The maximum absolute atomic E-state index is 8.79. The summed E-state index contributed by atoms with van der Waals surface area (Å²) in [5, 5.41) is 17.5. The summed E-state index contributed by atoms with van der Waals surface area (Å²) in [6, 6.07) is 0. The van der Waals surface area contributed by atoms with E-state index in [0.717, 1.165) is 6.54 Å². The summed E-state index contributed by atoms with van der Waals surface area (Å²) in [4.78, 5) is 2.38. The van der Waals surface area contributed by atoms with Crippen LogP contribution < -0.4 is 4.74 Å². The number of aromatic nitrogens is 2. The fourth-order valence-corrected chi connectivity index (χ4v) is 2.20. The molecule has 15 heavy (non-hydrogen) atoms. The summed E-state index contributed by atoms with van der Waals surface area (Å²) in [5.74, 6) is 0. The quantitative estimate of drug-likeness (QED) is 0.797. The van der Waals surface area contributed by atoms with Crippen molar-refractivity contribution in [1.82, 2.24) is 15.1 Å². The first-order valence-corrected chi connectivity index (χ1v) is 5.98. The molecule has 5 nitrogen and oxygen atoms in total. The third-order valence-corrected chi connectivity index (χ3v) is 3.24. The van der Waals surface area contributed by atoms with Gasteiger partial charge in [-0.25, -0.2) is 0 Å². The molecule has 2 rings (SSSR count). The van der Waals surface area contributed by atoms with Crippen molar-refractivity contribution in [1.29, 1.82) is 0 Å². The lowest BCUT2D eigenvalue weighted by Crippen LogP contribution is -2.25. The molecule has 0 unspecified atom stereocenters. The summed E-state index contributed by atoms with van der Waals surface area (Å²) in [6.45, 7) is 3.91. The molecule has 0 aromatic carbocycles. The van der Waals surface area contributed by atoms with Gasteiger partial charge in [-0.05, 0) is 25.9 Å². The molecule has 1 saturated heterocycles. The summed E-state index contributed by atoms with van der Waals surface area (Å²) >= 11 is 1.30. The smallest absolute Gasteiger partial charge is 0.294 e. The number of aliphatic hydroxyl groups is 1.